The van der Waals surface area contributed by atoms with Crippen molar-refractivity contribution in [2.75, 3.05) is 6.61 Å². The van der Waals surface area contributed by atoms with Gasteiger partial charge in [0.15, 0.2) is 0 Å². The van der Waals surface area contributed by atoms with Gasteiger partial charge in [0.1, 0.15) is 5.75 Å². The molecule has 0 bridgehead atoms. The van der Waals surface area contributed by atoms with Crippen LogP contribution in [0.3, 0.4) is 0 Å². The zero-order valence-electron chi connectivity index (χ0n) is 27.3. The van der Waals surface area contributed by atoms with E-state index in [1.54, 1.807) is 0 Å². The predicted octanol–water partition coefficient (Wildman–Crippen LogP) is 12.8. The molecule has 48 heavy (non-hydrogen) atoms. The molecule has 0 aliphatic heterocycles. The molecular formula is C47H38O. The van der Waals surface area contributed by atoms with Gasteiger partial charge in [-0.25, -0.2) is 0 Å². The third-order valence-corrected chi connectivity index (χ3v) is 8.87. The van der Waals surface area contributed by atoms with Crippen LogP contribution in [0, 0.1) is 0 Å². The molecule has 1 heteroatoms. The molecular weight excluding hydrogens is 581 g/mol. The van der Waals surface area contributed by atoms with E-state index in [2.05, 4.69) is 176 Å². The van der Waals surface area contributed by atoms with Gasteiger partial charge in [-0.05, 0) is 97.8 Å². The average Bonchev–Trinajstić information content (AvgIpc) is 3.16. The molecule has 232 valence electrons. The van der Waals surface area contributed by atoms with E-state index in [1.165, 1.54) is 66.8 Å². The average molecular weight is 619 g/mol. The molecule has 0 aliphatic rings. The lowest BCUT2D eigenvalue weighted by molar-refractivity contribution is 0.340. The van der Waals surface area contributed by atoms with Crippen LogP contribution in [0.15, 0.2) is 183 Å². The van der Waals surface area contributed by atoms with Crippen LogP contribution in [0.25, 0.3) is 66.8 Å². The first-order valence-electron chi connectivity index (χ1n) is 16.7. The topological polar surface area (TPSA) is 9.23 Å². The highest BCUT2D eigenvalue weighted by Crippen LogP contribution is 2.53. The molecule has 0 unspecified atom stereocenters. The van der Waals surface area contributed by atoms with Gasteiger partial charge in [-0.2, -0.15) is 0 Å². The van der Waals surface area contributed by atoms with E-state index in [-0.39, 0.29) is 0 Å². The van der Waals surface area contributed by atoms with Crippen LogP contribution in [-0.2, 0) is 6.42 Å². The number of benzene rings is 7. The van der Waals surface area contributed by atoms with Crippen molar-refractivity contribution in [3.63, 3.8) is 0 Å². The number of hydrogen-bond acceptors (Lipinski definition) is 1. The molecule has 0 saturated heterocycles. The van der Waals surface area contributed by atoms with E-state index < -0.39 is 0 Å². The SMILES string of the molecule is C=CCc1c(-c2ccccc2)c(-c2ccccc2)c(-c2ccc(OCC)cc2)c(-c2ccc(-c3ccccc3)cc2)c1-c1ccccc1. The highest BCUT2D eigenvalue weighted by atomic mass is 16.5. The van der Waals surface area contributed by atoms with Crippen LogP contribution < -0.4 is 4.74 Å². The molecule has 0 aliphatic carbocycles. The minimum Gasteiger partial charge on any atom is -0.494 e. The van der Waals surface area contributed by atoms with E-state index in [9.17, 15) is 0 Å². The maximum Gasteiger partial charge on any atom is 0.119 e. The van der Waals surface area contributed by atoms with Gasteiger partial charge < -0.3 is 4.74 Å². The standard InChI is InChI=1S/C47H38O/c1-3-17-42-43(36-20-11-6-12-21-36)45(38-24-15-8-16-25-38)47(40-30-32-41(33-31-40)48-4-2)46(44(42)37-22-13-7-14-23-37)39-28-26-35(27-29-39)34-18-9-5-10-19-34/h3,5-16,18-33H,1,4,17H2,2H3. The molecule has 0 atom stereocenters. The molecule has 7 aromatic rings. The molecule has 7 rings (SSSR count). The third kappa shape index (κ3) is 6.11. The summed E-state index contributed by atoms with van der Waals surface area (Å²) in [6.45, 7) is 6.92. The fourth-order valence-electron chi connectivity index (χ4n) is 6.81. The van der Waals surface area contributed by atoms with Gasteiger partial charge >= 0.3 is 0 Å². The highest BCUT2D eigenvalue weighted by Gasteiger charge is 2.27. The van der Waals surface area contributed by atoms with Gasteiger partial charge in [0.05, 0.1) is 6.61 Å². The van der Waals surface area contributed by atoms with Gasteiger partial charge in [0.2, 0.25) is 0 Å². The van der Waals surface area contributed by atoms with Crippen molar-refractivity contribution < 1.29 is 4.74 Å². The summed E-state index contributed by atoms with van der Waals surface area (Å²) in [6.07, 6.45) is 2.76. The summed E-state index contributed by atoms with van der Waals surface area (Å²) in [4.78, 5) is 0. The molecule has 7 aromatic carbocycles. The second-order valence-corrected chi connectivity index (χ2v) is 11.8. The Balaban J connectivity index is 1.67. The fourth-order valence-corrected chi connectivity index (χ4v) is 6.81. The molecule has 1 nitrogen and oxygen atoms in total. The Morgan fingerprint density at radius 2 is 0.708 bits per heavy atom. The first-order chi connectivity index (χ1) is 23.8. The van der Waals surface area contributed by atoms with Crippen molar-refractivity contribution in [2.24, 2.45) is 0 Å². The number of ether oxygens (including phenoxy) is 1. The molecule has 0 spiro atoms. The molecule has 0 N–H and O–H groups in total. The third-order valence-electron chi connectivity index (χ3n) is 8.87. The van der Waals surface area contributed by atoms with Crippen molar-refractivity contribution in [2.45, 2.75) is 13.3 Å². The quantitative estimate of drug-likeness (QED) is 0.139. The Morgan fingerprint density at radius 1 is 0.396 bits per heavy atom. The van der Waals surface area contributed by atoms with E-state index in [4.69, 9.17) is 4.74 Å². The Hall–Kier alpha value is -5.92. The zero-order valence-corrected chi connectivity index (χ0v) is 27.3. The zero-order chi connectivity index (χ0) is 32.7. The van der Waals surface area contributed by atoms with Gasteiger partial charge in [-0.1, -0.05) is 164 Å². The second kappa shape index (κ2) is 14.2. The van der Waals surface area contributed by atoms with E-state index >= 15 is 0 Å². The van der Waals surface area contributed by atoms with E-state index in [0.29, 0.717) is 13.0 Å². The van der Waals surface area contributed by atoms with Crippen LogP contribution in [0.2, 0.25) is 0 Å². The Labute approximate surface area is 284 Å². The van der Waals surface area contributed by atoms with Gasteiger partial charge in [0.25, 0.3) is 0 Å². The Kier molecular flexibility index (Phi) is 9.11. The smallest absolute Gasteiger partial charge is 0.119 e. The second-order valence-electron chi connectivity index (χ2n) is 11.8. The predicted molar refractivity (Wildman–Crippen MR) is 204 cm³/mol. The maximum atomic E-state index is 5.91. The van der Waals surface area contributed by atoms with Crippen LogP contribution >= 0.6 is 0 Å². The Bertz CT molecular complexity index is 2110. The van der Waals surface area contributed by atoms with Crippen molar-refractivity contribution in [3.05, 3.63) is 188 Å². The summed E-state index contributed by atoms with van der Waals surface area (Å²) < 4.78 is 5.91. The van der Waals surface area contributed by atoms with Crippen molar-refractivity contribution in [1.29, 1.82) is 0 Å². The van der Waals surface area contributed by atoms with Crippen molar-refractivity contribution in [1.82, 2.24) is 0 Å². The number of rotatable bonds is 10. The largest absolute Gasteiger partial charge is 0.494 e. The van der Waals surface area contributed by atoms with Gasteiger partial charge in [-0.3, -0.25) is 0 Å². The molecule has 0 radical (unpaired) electrons. The number of hydrogen-bond donors (Lipinski definition) is 0. The summed E-state index contributed by atoms with van der Waals surface area (Å²) in [5, 5.41) is 0. The van der Waals surface area contributed by atoms with E-state index in [1.807, 2.05) is 13.0 Å². The lowest BCUT2D eigenvalue weighted by atomic mass is 9.75. The summed E-state index contributed by atoms with van der Waals surface area (Å²) in [5.74, 6) is 0.867. The van der Waals surface area contributed by atoms with Crippen molar-refractivity contribution in [3.8, 4) is 72.5 Å². The lowest BCUT2D eigenvalue weighted by Crippen LogP contribution is -2.04. The van der Waals surface area contributed by atoms with Crippen LogP contribution in [0.5, 0.6) is 5.75 Å². The van der Waals surface area contributed by atoms with Crippen LogP contribution in [-0.4, -0.2) is 6.61 Å². The summed E-state index contributed by atoms with van der Waals surface area (Å²) in [5.41, 5.74) is 15.6. The van der Waals surface area contributed by atoms with E-state index in [0.717, 1.165) is 11.3 Å². The summed E-state index contributed by atoms with van der Waals surface area (Å²) in [7, 11) is 0. The van der Waals surface area contributed by atoms with Crippen LogP contribution in [0.1, 0.15) is 12.5 Å². The minimum absolute atomic E-state index is 0.625. The van der Waals surface area contributed by atoms with Crippen LogP contribution in [0.4, 0.5) is 0 Å². The molecule has 0 amide bonds. The summed E-state index contributed by atoms with van der Waals surface area (Å²) >= 11 is 0. The summed E-state index contributed by atoms with van der Waals surface area (Å²) in [6, 6.07) is 60.8. The highest BCUT2D eigenvalue weighted by molar-refractivity contribution is 6.09. The lowest BCUT2D eigenvalue weighted by Gasteiger charge is -2.28. The van der Waals surface area contributed by atoms with Gasteiger partial charge in [0, 0.05) is 0 Å². The molecule has 0 aromatic heterocycles. The Morgan fingerprint density at radius 3 is 1.12 bits per heavy atom. The molecule has 0 heterocycles. The first-order valence-corrected chi connectivity index (χ1v) is 16.7. The molecule has 0 saturated carbocycles. The fraction of sp³-hybridized carbons (Fsp3) is 0.0638. The maximum absolute atomic E-state index is 5.91. The molecule has 0 fully saturated rings. The monoisotopic (exact) mass is 618 g/mol. The minimum atomic E-state index is 0.625. The van der Waals surface area contributed by atoms with Crippen molar-refractivity contribution >= 4 is 0 Å². The number of allylic oxidation sites excluding steroid dienone is 1. The van der Waals surface area contributed by atoms with Gasteiger partial charge in [-0.15, -0.1) is 6.58 Å². The normalized spacial score (nSPS) is 10.9. The first kappa shape index (κ1) is 30.7.